The van der Waals surface area contributed by atoms with Crippen molar-refractivity contribution in [2.75, 3.05) is 40.0 Å². The molecule has 126 valence electrons. The second-order valence-corrected chi connectivity index (χ2v) is 4.55. The lowest BCUT2D eigenvalue weighted by Gasteiger charge is -2.12. The van der Waals surface area contributed by atoms with E-state index in [1.165, 1.54) is 5.56 Å². The SMILES string of the molecule is CCOCCCNC(=NCc1ccccc1)NCCOC.I. The second-order valence-electron chi connectivity index (χ2n) is 4.55. The van der Waals surface area contributed by atoms with Crippen molar-refractivity contribution in [3.05, 3.63) is 35.9 Å². The summed E-state index contributed by atoms with van der Waals surface area (Å²) in [4.78, 5) is 4.58. The van der Waals surface area contributed by atoms with E-state index < -0.39 is 0 Å². The summed E-state index contributed by atoms with van der Waals surface area (Å²) in [6.07, 6.45) is 0.962. The van der Waals surface area contributed by atoms with Crippen LogP contribution in [0.4, 0.5) is 0 Å². The monoisotopic (exact) mass is 421 g/mol. The summed E-state index contributed by atoms with van der Waals surface area (Å²) in [6, 6.07) is 10.2. The summed E-state index contributed by atoms with van der Waals surface area (Å²) in [6.45, 7) is 6.44. The van der Waals surface area contributed by atoms with Gasteiger partial charge in [-0.2, -0.15) is 0 Å². The Bertz CT molecular complexity index is 388. The molecule has 0 saturated heterocycles. The van der Waals surface area contributed by atoms with Crippen molar-refractivity contribution in [1.82, 2.24) is 10.6 Å². The van der Waals surface area contributed by atoms with E-state index in [-0.39, 0.29) is 24.0 Å². The van der Waals surface area contributed by atoms with Crippen LogP contribution in [0.25, 0.3) is 0 Å². The third-order valence-corrected chi connectivity index (χ3v) is 2.82. The number of halogens is 1. The number of hydrogen-bond acceptors (Lipinski definition) is 3. The van der Waals surface area contributed by atoms with Gasteiger partial charge in [0, 0.05) is 33.4 Å². The van der Waals surface area contributed by atoms with Crippen LogP contribution in [-0.4, -0.2) is 46.0 Å². The number of ether oxygens (including phenoxy) is 2. The van der Waals surface area contributed by atoms with Gasteiger partial charge in [-0.05, 0) is 18.9 Å². The molecular weight excluding hydrogens is 393 g/mol. The molecule has 0 aliphatic carbocycles. The van der Waals surface area contributed by atoms with Crippen LogP contribution in [0.2, 0.25) is 0 Å². The fourth-order valence-electron chi connectivity index (χ4n) is 1.72. The number of methoxy groups -OCH3 is 1. The van der Waals surface area contributed by atoms with Gasteiger partial charge in [-0.15, -0.1) is 24.0 Å². The topological polar surface area (TPSA) is 54.9 Å². The quantitative estimate of drug-likeness (QED) is 0.264. The van der Waals surface area contributed by atoms with Gasteiger partial charge in [0.05, 0.1) is 13.2 Å². The number of hydrogen-bond donors (Lipinski definition) is 2. The highest BCUT2D eigenvalue weighted by Crippen LogP contribution is 1.99. The molecule has 0 radical (unpaired) electrons. The third-order valence-electron chi connectivity index (χ3n) is 2.82. The zero-order chi connectivity index (χ0) is 15.2. The molecule has 0 saturated carbocycles. The maximum absolute atomic E-state index is 5.32. The molecule has 0 heterocycles. The molecule has 1 aromatic rings. The van der Waals surface area contributed by atoms with Crippen LogP contribution in [0.3, 0.4) is 0 Å². The highest BCUT2D eigenvalue weighted by Gasteiger charge is 1.98. The van der Waals surface area contributed by atoms with E-state index in [0.29, 0.717) is 13.2 Å². The van der Waals surface area contributed by atoms with E-state index in [2.05, 4.69) is 27.8 Å². The van der Waals surface area contributed by atoms with Crippen molar-refractivity contribution in [2.45, 2.75) is 19.9 Å². The molecule has 0 atom stereocenters. The second kappa shape index (κ2) is 15.1. The summed E-state index contributed by atoms with van der Waals surface area (Å²) in [7, 11) is 1.69. The lowest BCUT2D eigenvalue weighted by Crippen LogP contribution is -2.39. The Morgan fingerprint density at radius 2 is 1.82 bits per heavy atom. The molecule has 0 aliphatic heterocycles. The first kappa shape index (κ1) is 21.1. The van der Waals surface area contributed by atoms with E-state index in [1.807, 2.05) is 25.1 Å². The van der Waals surface area contributed by atoms with E-state index in [0.717, 1.165) is 38.7 Å². The molecule has 5 nitrogen and oxygen atoms in total. The fourth-order valence-corrected chi connectivity index (χ4v) is 1.72. The maximum atomic E-state index is 5.32. The minimum Gasteiger partial charge on any atom is -0.383 e. The van der Waals surface area contributed by atoms with E-state index in [4.69, 9.17) is 9.47 Å². The average molecular weight is 421 g/mol. The molecule has 22 heavy (non-hydrogen) atoms. The first-order valence-corrected chi connectivity index (χ1v) is 7.49. The Morgan fingerprint density at radius 1 is 1.09 bits per heavy atom. The van der Waals surface area contributed by atoms with E-state index >= 15 is 0 Å². The lowest BCUT2D eigenvalue weighted by molar-refractivity contribution is 0.145. The van der Waals surface area contributed by atoms with E-state index in [1.54, 1.807) is 7.11 Å². The molecule has 1 aromatic carbocycles. The Morgan fingerprint density at radius 3 is 2.50 bits per heavy atom. The first-order chi connectivity index (χ1) is 10.4. The molecule has 0 bridgehead atoms. The smallest absolute Gasteiger partial charge is 0.191 e. The summed E-state index contributed by atoms with van der Waals surface area (Å²) in [5.74, 6) is 0.812. The predicted molar refractivity (Wildman–Crippen MR) is 102 cm³/mol. The van der Waals surface area contributed by atoms with Crippen LogP contribution < -0.4 is 10.6 Å². The molecule has 0 spiro atoms. The van der Waals surface area contributed by atoms with Gasteiger partial charge in [-0.25, -0.2) is 4.99 Å². The summed E-state index contributed by atoms with van der Waals surface area (Å²) < 4.78 is 10.4. The largest absolute Gasteiger partial charge is 0.383 e. The standard InChI is InChI=1S/C16H27N3O2.HI/c1-3-21-12-7-10-17-16(18-11-13-20-2)19-14-15-8-5-4-6-9-15;/h4-6,8-9H,3,7,10-14H2,1-2H3,(H2,17,18,19);1H. The maximum Gasteiger partial charge on any atom is 0.191 e. The number of aliphatic imine (C=N–C) groups is 1. The van der Waals surface area contributed by atoms with Crippen molar-refractivity contribution < 1.29 is 9.47 Å². The number of benzene rings is 1. The number of nitrogens with zero attached hydrogens (tertiary/aromatic N) is 1. The van der Waals surface area contributed by atoms with Gasteiger partial charge in [0.25, 0.3) is 0 Å². The molecule has 0 aromatic heterocycles. The Hall–Kier alpha value is -0.860. The van der Waals surface area contributed by atoms with Gasteiger partial charge in [-0.1, -0.05) is 30.3 Å². The molecular formula is C16H28IN3O2. The van der Waals surface area contributed by atoms with Gasteiger partial charge >= 0.3 is 0 Å². The molecule has 0 aliphatic rings. The first-order valence-electron chi connectivity index (χ1n) is 7.49. The van der Waals surface area contributed by atoms with Crippen molar-refractivity contribution in [2.24, 2.45) is 4.99 Å². The fraction of sp³-hybridized carbons (Fsp3) is 0.562. The van der Waals surface area contributed by atoms with Gasteiger partial charge in [0.15, 0.2) is 5.96 Å². The number of rotatable bonds is 10. The Labute approximate surface area is 150 Å². The van der Waals surface area contributed by atoms with Crippen LogP contribution in [0.5, 0.6) is 0 Å². The van der Waals surface area contributed by atoms with Crippen LogP contribution in [0.15, 0.2) is 35.3 Å². The zero-order valence-corrected chi connectivity index (χ0v) is 15.8. The Kier molecular flexibility index (Phi) is 14.5. The average Bonchev–Trinajstić information content (AvgIpc) is 2.53. The highest BCUT2D eigenvalue weighted by molar-refractivity contribution is 14.0. The molecule has 6 heteroatoms. The van der Waals surface area contributed by atoms with Crippen molar-refractivity contribution in [3.8, 4) is 0 Å². The van der Waals surface area contributed by atoms with Gasteiger partial charge < -0.3 is 20.1 Å². The highest BCUT2D eigenvalue weighted by atomic mass is 127. The normalized spacial score (nSPS) is 10.9. The minimum atomic E-state index is 0. The van der Waals surface area contributed by atoms with Crippen molar-refractivity contribution in [3.63, 3.8) is 0 Å². The van der Waals surface area contributed by atoms with Crippen molar-refractivity contribution >= 4 is 29.9 Å². The van der Waals surface area contributed by atoms with Crippen LogP contribution in [0, 0.1) is 0 Å². The molecule has 0 amide bonds. The van der Waals surface area contributed by atoms with Crippen LogP contribution in [-0.2, 0) is 16.0 Å². The molecule has 1 rings (SSSR count). The Balaban J connectivity index is 0.00000441. The minimum absolute atomic E-state index is 0. The summed E-state index contributed by atoms with van der Waals surface area (Å²) in [5.41, 5.74) is 1.19. The lowest BCUT2D eigenvalue weighted by atomic mass is 10.2. The predicted octanol–water partition coefficient (Wildman–Crippen LogP) is 2.41. The van der Waals surface area contributed by atoms with Crippen molar-refractivity contribution in [1.29, 1.82) is 0 Å². The van der Waals surface area contributed by atoms with Gasteiger partial charge in [0.2, 0.25) is 0 Å². The van der Waals surface area contributed by atoms with Gasteiger partial charge in [-0.3, -0.25) is 0 Å². The molecule has 0 fully saturated rings. The third kappa shape index (κ3) is 10.8. The number of guanidine groups is 1. The molecule has 2 N–H and O–H groups in total. The van der Waals surface area contributed by atoms with E-state index in [9.17, 15) is 0 Å². The summed E-state index contributed by atoms with van der Waals surface area (Å²) >= 11 is 0. The number of nitrogens with one attached hydrogen (secondary N) is 2. The van der Waals surface area contributed by atoms with Crippen LogP contribution >= 0.6 is 24.0 Å². The zero-order valence-electron chi connectivity index (χ0n) is 13.5. The summed E-state index contributed by atoms with van der Waals surface area (Å²) in [5, 5.41) is 6.57. The van der Waals surface area contributed by atoms with Gasteiger partial charge in [0.1, 0.15) is 0 Å². The molecule has 0 unspecified atom stereocenters. The van der Waals surface area contributed by atoms with Crippen LogP contribution in [0.1, 0.15) is 18.9 Å².